The Morgan fingerprint density at radius 3 is 2.69 bits per heavy atom. The molecule has 0 heterocycles. The van der Waals surface area contributed by atoms with E-state index in [0.717, 1.165) is 24.6 Å². The molecular weight excluding hydrogens is 271 g/mol. The Balaban J connectivity index is 2.50. The van der Waals surface area contributed by atoms with Gasteiger partial charge in [-0.05, 0) is 31.4 Å². The molecule has 0 atom stereocenters. The molecule has 1 aromatic rings. The van der Waals surface area contributed by atoms with Crippen LogP contribution in [0.2, 0.25) is 0 Å². The Bertz CT molecular complexity index is 363. The number of alkyl halides is 1. The van der Waals surface area contributed by atoms with Crippen LogP contribution < -0.4 is 0 Å². The van der Waals surface area contributed by atoms with Crippen molar-refractivity contribution in [1.29, 1.82) is 0 Å². The molecule has 0 aliphatic heterocycles. The third-order valence-electron chi connectivity index (χ3n) is 2.53. The number of carbonyl (C=O) groups is 1. The molecule has 16 heavy (non-hydrogen) atoms. The number of hydrogen-bond donors (Lipinski definition) is 0. The zero-order valence-corrected chi connectivity index (χ0v) is 11.0. The van der Waals surface area contributed by atoms with Gasteiger partial charge in [0.1, 0.15) is 5.82 Å². The molecule has 0 saturated carbocycles. The molecule has 0 aliphatic carbocycles. The summed E-state index contributed by atoms with van der Waals surface area (Å²) in [7, 11) is 0. The molecule has 88 valence electrons. The molecule has 1 aromatic carbocycles. The van der Waals surface area contributed by atoms with Crippen LogP contribution in [0, 0.1) is 12.7 Å². The van der Waals surface area contributed by atoms with Crippen LogP contribution in [0.1, 0.15) is 41.6 Å². The van der Waals surface area contributed by atoms with Crippen molar-refractivity contribution in [2.45, 2.75) is 32.6 Å². The summed E-state index contributed by atoms with van der Waals surface area (Å²) >= 11 is 3.34. The molecule has 0 radical (unpaired) electrons. The Kier molecular flexibility index (Phi) is 5.67. The van der Waals surface area contributed by atoms with Crippen LogP contribution in [-0.4, -0.2) is 11.1 Å². The highest BCUT2D eigenvalue weighted by molar-refractivity contribution is 9.09. The first-order valence-electron chi connectivity index (χ1n) is 5.50. The third kappa shape index (κ3) is 4.05. The van der Waals surface area contributed by atoms with Gasteiger partial charge in [0, 0.05) is 17.3 Å². The molecule has 1 nitrogen and oxygen atoms in total. The van der Waals surface area contributed by atoms with Crippen molar-refractivity contribution in [3.63, 3.8) is 0 Å². The minimum Gasteiger partial charge on any atom is -0.294 e. The second-order valence-corrected chi connectivity index (χ2v) is 4.68. The Morgan fingerprint density at radius 2 is 2.06 bits per heavy atom. The molecule has 0 saturated heterocycles. The predicted molar refractivity (Wildman–Crippen MR) is 67.7 cm³/mol. The van der Waals surface area contributed by atoms with Crippen LogP contribution in [-0.2, 0) is 0 Å². The van der Waals surface area contributed by atoms with Gasteiger partial charge in [0.15, 0.2) is 5.78 Å². The summed E-state index contributed by atoms with van der Waals surface area (Å²) < 4.78 is 13.2. The van der Waals surface area contributed by atoms with Crippen molar-refractivity contribution < 1.29 is 9.18 Å². The van der Waals surface area contributed by atoms with Crippen LogP contribution in [0.25, 0.3) is 0 Å². The molecule has 0 unspecified atom stereocenters. The first kappa shape index (κ1) is 13.4. The van der Waals surface area contributed by atoms with Gasteiger partial charge in [-0.1, -0.05) is 34.5 Å². The lowest BCUT2D eigenvalue weighted by Gasteiger charge is -2.02. The van der Waals surface area contributed by atoms with Crippen molar-refractivity contribution in [3.8, 4) is 0 Å². The van der Waals surface area contributed by atoms with E-state index in [1.807, 2.05) is 0 Å². The molecular formula is C13H16BrFO. The quantitative estimate of drug-likeness (QED) is 0.434. The van der Waals surface area contributed by atoms with Crippen molar-refractivity contribution in [2.24, 2.45) is 0 Å². The summed E-state index contributed by atoms with van der Waals surface area (Å²) in [4.78, 5) is 11.7. The monoisotopic (exact) mass is 286 g/mol. The molecule has 0 amide bonds. The van der Waals surface area contributed by atoms with Crippen molar-refractivity contribution in [2.75, 3.05) is 5.33 Å². The van der Waals surface area contributed by atoms with Gasteiger partial charge in [-0.15, -0.1) is 0 Å². The topological polar surface area (TPSA) is 17.1 Å². The minimum absolute atomic E-state index is 0.0356. The van der Waals surface area contributed by atoms with Crippen LogP contribution in [0.5, 0.6) is 0 Å². The number of ketones is 1. The molecule has 0 aromatic heterocycles. The van der Waals surface area contributed by atoms with E-state index in [9.17, 15) is 9.18 Å². The van der Waals surface area contributed by atoms with Gasteiger partial charge in [-0.2, -0.15) is 0 Å². The largest absolute Gasteiger partial charge is 0.294 e. The average molecular weight is 287 g/mol. The maximum Gasteiger partial charge on any atom is 0.162 e. The highest BCUT2D eigenvalue weighted by atomic mass is 79.9. The van der Waals surface area contributed by atoms with Crippen LogP contribution in [0.15, 0.2) is 18.2 Å². The maximum atomic E-state index is 13.2. The lowest BCUT2D eigenvalue weighted by molar-refractivity contribution is 0.0979. The van der Waals surface area contributed by atoms with Gasteiger partial charge in [0.2, 0.25) is 0 Å². The normalized spacial score (nSPS) is 10.4. The number of halogens is 2. The number of Topliss-reactive ketones (excluding diaryl/α,β-unsaturated/α-hetero) is 1. The van der Waals surface area contributed by atoms with E-state index in [1.54, 1.807) is 19.1 Å². The number of hydrogen-bond acceptors (Lipinski definition) is 1. The summed E-state index contributed by atoms with van der Waals surface area (Å²) in [6.07, 6.45) is 3.50. The molecule has 0 N–H and O–H groups in total. The number of carbonyl (C=O) groups excluding carboxylic acids is 1. The van der Waals surface area contributed by atoms with E-state index in [-0.39, 0.29) is 11.6 Å². The van der Waals surface area contributed by atoms with Gasteiger partial charge >= 0.3 is 0 Å². The minimum atomic E-state index is -0.300. The zero-order chi connectivity index (χ0) is 12.0. The summed E-state index contributed by atoms with van der Waals surface area (Å²) in [6.45, 7) is 1.69. The summed E-state index contributed by atoms with van der Waals surface area (Å²) in [5.41, 5.74) is 1.07. The maximum absolute atomic E-state index is 13.2. The number of aryl methyl sites for hydroxylation is 1. The highest BCUT2D eigenvalue weighted by Crippen LogP contribution is 2.13. The number of rotatable bonds is 6. The van der Waals surface area contributed by atoms with Crippen molar-refractivity contribution in [3.05, 3.63) is 35.1 Å². The molecule has 3 heteroatoms. The first-order valence-corrected chi connectivity index (χ1v) is 6.62. The number of unbranched alkanes of at least 4 members (excludes halogenated alkanes) is 2. The van der Waals surface area contributed by atoms with Crippen LogP contribution in [0.4, 0.5) is 4.39 Å². The third-order valence-corrected chi connectivity index (χ3v) is 3.09. The fourth-order valence-corrected chi connectivity index (χ4v) is 1.86. The highest BCUT2D eigenvalue weighted by Gasteiger charge is 2.07. The van der Waals surface area contributed by atoms with E-state index in [4.69, 9.17) is 0 Å². The fourth-order valence-electron chi connectivity index (χ4n) is 1.47. The van der Waals surface area contributed by atoms with Gasteiger partial charge in [-0.3, -0.25) is 4.79 Å². The standard InChI is InChI=1S/C13H16BrFO/c1-10-6-7-11(9-12(10)15)13(16)5-3-2-4-8-14/h6-7,9H,2-5,8H2,1H3. The smallest absolute Gasteiger partial charge is 0.162 e. The molecule has 0 fully saturated rings. The second-order valence-electron chi connectivity index (χ2n) is 3.89. The molecule has 0 spiro atoms. The molecule has 1 rings (SSSR count). The summed E-state index contributed by atoms with van der Waals surface area (Å²) in [6, 6.07) is 4.69. The van der Waals surface area contributed by atoms with Gasteiger partial charge < -0.3 is 0 Å². The van der Waals surface area contributed by atoms with E-state index >= 15 is 0 Å². The second kappa shape index (κ2) is 6.79. The van der Waals surface area contributed by atoms with E-state index in [0.29, 0.717) is 17.5 Å². The van der Waals surface area contributed by atoms with Crippen LogP contribution >= 0.6 is 15.9 Å². The summed E-state index contributed by atoms with van der Waals surface area (Å²) in [5.74, 6) is -0.264. The SMILES string of the molecule is Cc1ccc(C(=O)CCCCCBr)cc1F. The van der Waals surface area contributed by atoms with Gasteiger partial charge in [0.25, 0.3) is 0 Å². The molecule has 0 bridgehead atoms. The van der Waals surface area contributed by atoms with E-state index in [1.165, 1.54) is 6.07 Å². The fraction of sp³-hybridized carbons (Fsp3) is 0.462. The Hall–Kier alpha value is -0.700. The molecule has 0 aliphatic rings. The van der Waals surface area contributed by atoms with E-state index < -0.39 is 0 Å². The first-order chi connectivity index (χ1) is 7.65. The summed E-state index contributed by atoms with van der Waals surface area (Å²) in [5, 5.41) is 0.973. The van der Waals surface area contributed by atoms with E-state index in [2.05, 4.69) is 15.9 Å². The van der Waals surface area contributed by atoms with Gasteiger partial charge in [0.05, 0.1) is 0 Å². The number of benzene rings is 1. The average Bonchev–Trinajstić information content (AvgIpc) is 2.28. The zero-order valence-electron chi connectivity index (χ0n) is 9.43. The van der Waals surface area contributed by atoms with Crippen molar-refractivity contribution in [1.82, 2.24) is 0 Å². The van der Waals surface area contributed by atoms with Crippen LogP contribution in [0.3, 0.4) is 0 Å². The lowest BCUT2D eigenvalue weighted by atomic mass is 10.0. The Labute approximate surface area is 104 Å². The predicted octanol–water partition coefficient (Wildman–Crippen LogP) is 4.27. The van der Waals surface area contributed by atoms with Gasteiger partial charge in [-0.25, -0.2) is 4.39 Å². The lowest BCUT2D eigenvalue weighted by Crippen LogP contribution is -2.00. The van der Waals surface area contributed by atoms with Crippen molar-refractivity contribution >= 4 is 21.7 Å². The Morgan fingerprint density at radius 1 is 1.31 bits per heavy atom.